The van der Waals surface area contributed by atoms with Crippen molar-refractivity contribution in [2.45, 2.75) is 18.8 Å². The van der Waals surface area contributed by atoms with E-state index in [0.29, 0.717) is 17.6 Å². The van der Waals surface area contributed by atoms with Crippen LogP contribution in [0.5, 0.6) is 0 Å². The number of rotatable bonds is 3. The van der Waals surface area contributed by atoms with Crippen LogP contribution in [0, 0.1) is 0 Å². The van der Waals surface area contributed by atoms with Crippen molar-refractivity contribution in [2.24, 2.45) is 0 Å². The van der Waals surface area contributed by atoms with Crippen LogP contribution < -0.4 is 0 Å². The summed E-state index contributed by atoms with van der Waals surface area (Å²) in [5.74, 6) is 0.244. The number of hydrogen-bond donors (Lipinski definition) is 1. The Bertz CT molecular complexity index is 1150. The summed E-state index contributed by atoms with van der Waals surface area (Å²) in [7, 11) is 0. The molecule has 2 aromatic carbocycles. The van der Waals surface area contributed by atoms with Crippen LogP contribution in [-0.4, -0.2) is 44.1 Å². The van der Waals surface area contributed by atoms with Gasteiger partial charge in [-0.2, -0.15) is 5.10 Å². The van der Waals surface area contributed by atoms with E-state index in [1.807, 2.05) is 47.5 Å². The molecule has 1 N–H and O–H groups in total. The lowest BCUT2D eigenvalue weighted by Crippen LogP contribution is -2.39. The third-order valence-corrected chi connectivity index (χ3v) is 5.60. The second-order valence-corrected chi connectivity index (χ2v) is 7.38. The van der Waals surface area contributed by atoms with Crippen LogP contribution in [0.2, 0.25) is 0 Å². The Morgan fingerprint density at radius 3 is 2.79 bits per heavy atom. The zero-order valence-corrected chi connectivity index (χ0v) is 16.0. The van der Waals surface area contributed by atoms with Gasteiger partial charge in [-0.3, -0.25) is 19.9 Å². The largest absolute Gasteiger partial charge is 0.338 e. The summed E-state index contributed by atoms with van der Waals surface area (Å²) >= 11 is 0. The van der Waals surface area contributed by atoms with Gasteiger partial charge in [0.25, 0.3) is 5.91 Å². The molecular formula is C23H21N5O. The van der Waals surface area contributed by atoms with Crippen molar-refractivity contribution in [3.05, 3.63) is 78.4 Å². The van der Waals surface area contributed by atoms with Gasteiger partial charge in [-0.1, -0.05) is 36.4 Å². The fraction of sp³-hybridized carbons (Fsp3) is 0.217. The fourth-order valence-electron chi connectivity index (χ4n) is 4.19. The van der Waals surface area contributed by atoms with E-state index in [-0.39, 0.29) is 11.8 Å². The quantitative estimate of drug-likeness (QED) is 0.579. The minimum Gasteiger partial charge on any atom is -0.338 e. The molecule has 1 atom stereocenters. The summed E-state index contributed by atoms with van der Waals surface area (Å²) in [6.45, 7) is 1.41. The standard InChI is InChI=1S/C23H21N5O/c29-23(18-9-4-10-20-22(18)25-12-11-24-20)28-13-5-8-17(15-28)21-19(14-26-27-21)16-6-2-1-3-7-16/h1-4,6-7,9-12,14,17H,5,8,13,15H2,(H,26,27). The first-order valence-electron chi connectivity index (χ1n) is 9.89. The number of nitrogens with zero attached hydrogens (tertiary/aromatic N) is 4. The van der Waals surface area contributed by atoms with Gasteiger partial charge in [-0.25, -0.2) is 0 Å². The summed E-state index contributed by atoms with van der Waals surface area (Å²) in [6, 6.07) is 15.9. The highest BCUT2D eigenvalue weighted by molar-refractivity contribution is 6.04. The SMILES string of the molecule is O=C(c1cccc2nccnc12)N1CCCC(c2[nH]ncc2-c2ccccc2)C1. The molecule has 6 nitrogen and oxygen atoms in total. The molecule has 6 heteroatoms. The highest BCUT2D eigenvalue weighted by Crippen LogP contribution is 2.33. The fourth-order valence-corrected chi connectivity index (χ4v) is 4.19. The predicted molar refractivity (Wildman–Crippen MR) is 111 cm³/mol. The number of piperidine rings is 1. The number of likely N-dealkylation sites (tertiary alicyclic amines) is 1. The van der Waals surface area contributed by atoms with E-state index < -0.39 is 0 Å². The Labute approximate surface area is 168 Å². The van der Waals surface area contributed by atoms with Gasteiger partial charge in [0.1, 0.15) is 5.52 Å². The van der Waals surface area contributed by atoms with E-state index in [0.717, 1.165) is 41.7 Å². The Balaban J connectivity index is 1.43. The van der Waals surface area contributed by atoms with Gasteiger partial charge in [-0.15, -0.1) is 0 Å². The van der Waals surface area contributed by atoms with E-state index in [4.69, 9.17) is 0 Å². The molecule has 4 aromatic rings. The number of nitrogens with one attached hydrogen (secondary N) is 1. The lowest BCUT2D eigenvalue weighted by molar-refractivity contribution is 0.0708. The molecule has 0 radical (unpaired) electrons. The highest BCUT2D eigenvalue weighted by atomic mass is 16.2. The molecule has 1 amide bonds. The zero-order chi connectivity index (χ0) is 19.6. The van der Waals surface area contributed by atoms with Crippen LogP contribution in [0.15, 0.2) is 67.1 Å². The van der Waals surface area contributed by atoms with Gasteiger partial charge in [0.05, 0.1) is 17.3 Å². The number of aromatic amines is 1. The highest BCUT2D eigenvalue weighted by Gasteiger charge is 2.29. The number of aromatic nitrogens is 4. The van der Waals surface area contributed by atoms with Gasteiger partial charge in [-0.05, 0) is 30.5 Å². The molecular weight excluding hydrogens is 362 g/mol. The Kier molecular flexibility index (Phi) is 4.52. The molecule has 0 aliphatic carbocycles. The molecule has 2 aromatic heterocycles. The summed E-state index contributed by atoms with van der Waals surface area (Å²) < 4.78 is 0. The topological polar surface area (TPSA) is 74.8 Å². The second kappa shape index (κ2) is 7.47. The second-order valence-electron chi connectivity index (χ2n) is 7.38. The summed E-state index contributed by atoms with van der Waals surface area (Å²) in [6.07, 6.45) is 7.15. The number of benzene rings is 2. The molecule has 0 bridgehead atoms. The van der Waals surface area contributed by atoms with Gasteiger partial charge >= 0.3 is 0 Å². The Morgan fingerprint density at radius 2 is 1.90 bits per heavy atom. The molecule has 144 valence electrons. The lowest BCUT2D eigenvalue weighted by atomic mass is 9.90. The Morgan fingerprint density at radius 1 is 1.03 bits per heavy atom. The van der Waals surface area contributed by atoms with Crippen molar-refractivity contribution >= 4 is 16.9 Å². The van der Waals surface area contributed by atoms with Crippen molar-refractivity contribution in [2.75, 3.05) is 13.1 Å². The first-order valence-corrected chi connectivity index (χ1v) is 9.89. The summed E-state index contributed by atoms with van der Waals surface area (Å²) in [4.78, 5) is 24.0. The van der Waals surface area contributed by atoms with Crippen molar-refractivity contribution in [1.29, 1.82) is 0 Å². The van der Waals surface area contributed by atoms with Crippen LogP contribution in [-0.2, 0) is 0 Å². The smallest absolute Gasteiger partial charge is 0.256 e. The molecule has 5 rings (SSSR count). The van der Waals surface area contributed by atoms with Crippen LogP contribution in [0.25, 0.3) is 22.2 Å². The molecule has 0 spiro atoms. The number of carbonyl (C=O) groups is 1. The minimum absolute atomic E-state index is 0.0153. The van der Waals surface area contributed by atoms with E-state index in [1.165, 1.54) is 0 Å². The van der Waals surface area contributed by atoms with Gasteiger partial charge in [0, 0.05) is 42.7 Å². The van der Waals surface area contributed by atoms with Crippen LogP contribution in [0.4, 0.5) is 0 Å². The van der Waals surface area contributed by atoms with Crippen LogP contribution >= 0.6 is 0 Å². The van der Waals surface area contributed by atoms with Crippen molar-refractivity contribution in [3.63, 3.8) is 0 Å². The maximum atomic E-state index is 13.3. The van der Waals surface area contributed by atoms with E-state index in [2.05, 4.69) is 32.3 Å². The first kappa shape index (κ1) is 17.6. The average Bonchev–Trinajstić information content (AvgIpc) is 3.29. The maximum Gasteiger partial charge on any atom is 0.256 e. The number of hydrogen-bond acceptors (Lipinski definition) is 4. The van der Waals surface area contributed by atoms with Gasteiger partial charge < -0.3 is 4.90 Å². The molecule has 1 aliphatic heterocycles. The molecule has 0 saturated carbocycles. The zero-order valence-electron chi connectivity index (χ0n) is 16.0. The third kappa shape index (κ3) is 3.27. The van der Waals surface area contributed by atoms with E-state index >= 15 is 0 Å². The lowest BCUT2D eigenvalue weighted by Gasteiger charge is -2.33. The number of carbonyl (C=O) groups excluding carboxylic acids is 1. The monoisotopic (exact) mass is 383 g/mol. The summed E-state index contributed by atoms with van der Waals surface area (Å²) in [5.41, 5.74) is 5.38. The molecule has 1 aliphatic rings. The molecule has 1 unspecified atom stereocenters. The van der Waals surface area contributed by atoms with Crippen LogP contribution in [0.1, 0.15) is 34.8 Å². The number of para-hydroxylation sites is 1. The normalized spacial score (nSPS) is 16.8. The van der Waals surface area contributed by atoms with Crippen molar-refractivity contribution in [3.8, 4) is 11.1 Å². The van der Waals surface area contributed by atoms with Crippen molar-refractivity contribution < 1.29 is 4.79 Å². The third-order valence-electron chi connectivity index (χ3n) is 5.60. The van der Waals surface area contributed by atoms with Crippen LogP contribution in [0.3, 0.4) is 0 Å². The molecule has 1 saturated heterocycles. The van der Waals surface area contributed by atoms with Gasteiger partial charge in [0.15, 0.2) is 0 Å². The molecule has 29 heavy (non-hydrogen) atoms. The average molecular weight is 383 g/mol. The summed E-state index contributed by atoms with van der Waals surface area (Å²) in [5, 5.41) is 7.49. The predicted octanol–water partition coefficient (Wildman–Crippen LogP) is 4.04. The first-order chi connectivity index (χ1) is 14.3. The van der Waals surface area contributed by atoms with E-state index in [1.54, 1.807) is 12.4 Å². The molecule has 3 heterocycles. The number of H-pyrrole nitrogens is 1. The Hall–Kier alpha value is -3.54. The van der Waals surface area contributed by atoms with E-state index in [9.17, 15) is 4.79 Å². The maximum absolute atomic E-state index is 13.3. The molecule has 1 fully saturated rings. The van der Waals surface area contributed by atoms with Crippen molar-refractivity contribution in [1.82, 2.24) is 25.1 Å². The van der Waals surface area contributed by atoms with Gasteiger partial charge in [0.2, 0.25) is 0 Å². The number of fused-ring (bicyclic) bond motifs is 1. The number of amides is 1. The minimum atomic E-state index is 0.0153.